The molecule has 0 aliphatic carbocycles. The van der Waals surface area contributed by atoms with Gasteiger partial charge in [-0.25, -0.2) is 0 Å². The number of hydrogen-bond donors (Lipinski definition) is 1. The molecule has 1 aliphatic heterocycles. The Kier molecular flexibility index (Phi) is 3.53. The summed E-state index contributed by atoms with van der Waals surface area (Å²) in [6.45, 7) is 8.80. The van der Waals surface area contributed by atoms with Crippen molar-refractivity contribution < 1.29 is 9.53 Å². The van der Waals surface area contributed by atoms with E-state index in [4.69, 9.17) is 4.74 Å². The molecule has 3 heteroatoms. The van der Waals surface area contributed by atoms with Crippen LogP contribution in [0.1, 0.15) is 40.5 Å². The molecule has 0 aromatic rings. The predicted molar refractivity (Wildman–Crippen MR) is 56.0 cm³/mol. The Morgan fingerprint density at radius 1 is 1.43 bits per heavy atom. The number of hydrogen-bond acceptors (Lipinski definition) is 3. The summed E-state index contributed by atoms with van der Waals surface area (Å²) in [5, 5.41) is 3.20. The zero-order valence-corrected chi connectivity index (χ0v) is 9.59. The van der Waals surface area contributed by atoms with Crippen LogP contribution in [0.15, 0.2) is 0 Å². The van der Waals surface area contributed by atoms with E-state index in [1.165, 1.54) is 0 Å². The molecule has 0 saturated carbocycles. The third-order valence-corrected chi connectivity index (χ3v) is 2.36. The van der Waals surface area contributed by atoms with E-state index in [-0.39, 0.29) is 17.6 Å². The van der Waals surface area contributed by atoms with E-state index in [9.17, 15) is 4.79 Å². The average molecular weight is 199 g/mol. The van der Waals surface area contributed by atoms with Crippen LogP contribution in [-0.4, -0.2) is 24.2 Å². The van der Waals surface area contributed by atoms with Crippen LogP contribution in [0.25, 0.3) is 0 Å². The van der Waals surface area contributed by atoms with E-state index in [2.05, 4.69) is 12.2 Å². The highest BCUT2D eigenvalue weighted by Gasteiger charge is 2.28. The molecule has 82 valence electrons. The summed E-state index contributed by atoms with van der Waals surface area (Å²) in [4.78, 5) is 11.7. The third-order valence-electron chi connectivity index (χ3n) is 2.36. The van der Waals surface area contributed by atoms with E-state index < -0.39 is 0 Å². The molecular weight excluding hydrogens is 178 g/mol. The van der Waals surface area contributed by atoms with E-state index in [1.54, 1.807) is 0 Å². The first kappa shape index (κ1) is 11.5. The van der Waals surface area contributed by atoms with Gasteiger partial charge in [-0.15, -0.1) is 0 Å². The van der Waals surface area contributed by atoms with Crippen LogP contribution >= 0.6 is 0 Å². The summed E-state index contributed by atoms with van der Waals surface area (Å²) >= 11 is 0. The molecule has 1 N–H and O–H groups in total. The second kappa shape index (κ2) is 4.30. The second-order valence-electron chi connectivity index (χ2n) is 5.17. The van der Waals surface area contributed by atoms with Gasteiger partial charge in [0.25, 0.3) is 0 Å². The molecule has 2 atom stereocenters. The van der Waals surface area contributed by atoms with Gasteiger partial charge in [-0.05, 0) is 46.1 Å². The molecule has 1 heterocycles. The molecular formula is C11H21NO2. The van der Waals surface area contributed by atoms with Gasteiger partial charge in [-0.2, -0.15) is 0 Å². The summed E-state index contributed by atoms with van der Waals surface area (Å²) in [6.07, 6.45) is 2.05. The van der Waals surface area contributed by atoms with Gasteiger partial charge in [-0.3, -0.25) is 4.79 Å². The molecule has 0 amide bonds. The number of piperidine rings is 1. The molecule has 0 spiro atoms. The Bertz CT molecular complexity index is 208. The van der Waals surface area contributed by atoms with Crippen molar-refractivity contribution >= 4 is 5.97 Å². The third kappa shape index (κ3) is 3.66. The van der Waals surface area contributed by atoms with Crippen LogP contribution in [0.5, 0.6) is 0 Å². The number of nitrogens with one attached hydrogen (secondary N) is 1. The predicted octanol–water partition coefficient (Wildman–Crippen LogP) is 1.72. The lowest BCUT2D eigenvalue weighted by Crippen LogP contribution is -2.45. The molecule has 1 saturated heterocycles. The Morgan fingerprint density at radius 2 is 2.07 bits per heavy atom. The van der Waals surface area contributed by atoms with Crippen molar-refractivity contribution in [3.63, 3.8) is 0 Å². The van der Waals surface area contributed by atoms with Crippen molar-refractivity contribution in [1.82, 2.24) is 5.32 Å². The average Bonchev–Trinajstić information content (AvgIpc) is 2.01. The topological polar surface area (TPSA) is 38.3 Å². The van der Waals surface area contributed by atoms with Crippen LogP contribution < -0.4 is 5.32 Å². The van der Waals surface area contributed by atoms with Crippen molar-refractivity contribution in [2.75, 3.05) is 6.54 Å². The van der Waals surface area contributed by atoms with Crippen LogP contribution in [0, 0.1) is 5.92 Å². The van der Waals surface area contributed by atoms with E-state index in [0.717, 1.165) is 19.4 Å². The van der Waals surface area contributed by atoms with E-state index in [1.807, 2.05) is 20.8 Å². The maximum atomic E-state index is 11.7. The fourth-order valence-corrected chi connectivity index (χ4v) is 1.66. The summed E-state index contributed by atoms with van der Waals surface area (Å²) in [7, 11) is 0. The Hall–Kier alpha value is -0.570. The van der Waals surface area contributed by atoms with Crippen LogP contribution in [0.3, 0.4) is 0 Å². The zero-order chi connectivity index (χ0) is 10.8. The van der Waals surface area contributed by atoms with E-state index >= 15 is 0 Å². The van der Waals surface area contributed by atoms with Gasteiger partial charge in [0.15, 0.2) is 0 Å². The first-order chi connectivity index (χ1) is 6.38. The second-order valence-corrected chi connectivity index (χ2v) is 5.17. The first-order valence-corrected chi connectivity index (χ1v) is 5.35. The SMILES string of the molecule is C[C@H]1CCN[C@H](C(=O)OC(C)(C)C)C1. The Balaban J connectivity index is 2.44. The molecule has 3 nitrogen and oxygen atoms in total. The highest BCUT2D eigenvalue weighted by atomic mass is 16.6. The lowest BCUT2D eigenvalue weighted by molar-refractivity contribution is -0.158. The van der Waals surface area contributed by atoms with Gasteiger partial charge in [0.2, 0.25) is 0 Å². The lowest BCUT2D eigenvalue weighted by atomic mass is 9.94. The standard InChI is InChI=1S/C11H21NO2/c1-8-5-6-12-9(7-8)10(13)14-11(2,3)4/h8-9,12H,5-7H2,1-4H3/t8-,9-/m0/s1. The van der Waals surface area contributed by atoms with Gasteiger partial charge in [0, 0.05) is 0 Å². The maximum absolute atomic E-state index is 11.7. The Morgan fingerprint density at radius 3 is 2.57 bits per heavy atom. The van der Waals surface area contributed by atoms with Gasteiger partial charge in [-0.1, -0.05) is 6.92 Å². The van der Waals surface area contributed by atoms with E-state index in [0.29, 0.717) is 5.92 Å². The summed E-state index contributed by atoms with van der Waals surface area (Å²) in [5.74, 6) is 0.512. The van der Waals surface area contributed by atoms with Crippen molar-refractivity contribution in [2.24, 2.45) is 5.92 Å². The quantitative estimate of drug-likeness (QED) is 0.653. The van der Waals surface area contributed by atoms with Gasteiger partial charge < -0.3 is 10.1 Å². The van der Waals surface area contributed by atoms with Crippen molar-refractivity contribution in [2.45, 2.75) is 52.2 Å². The summed E-state index contributed by atoms with van der Waals surface area (Å²) in [5.41, 5.74) is -0.376. The van der Waals surface area contributed by atoms with Crippen molar-refractivity contribution in [1.29, 1.82) is 0 Å². The fraction of sp³-hybridized carbons (Fsp3) is 0.909. The normalized spacial score (nSPS) is 28.6. The number of rotatable bonds is 1. The summed E-state index contributed by atoms with van der Waals surface area (Å²) in [6, 6.07) is -0.0991. The fourth-order valence-electron chi connectivity index (χ4n) is 1.66. The number of carbonyl (C=O) groups excluding carboxylic acids is 1. The zero-order valence-electron chi connectivity index (χ0n) is 9.59. The molecule has 0 aromatic carbocycles. The highest BCUT2D eigenvalue weighted by molar-refractivity contribution is 5.76. The first-order valence-electron chi connectivity index (χ1n) is 5.35. The Labute approximate surface area is 86.2 Å². The molecule has 14 heavy (non-hydrogen) atoms. The molecule has 0 unspecified atom stereocenters. The minimum atomic E-state index is -0.376. The number of carbonyl (C=O) groups is 1. The molecule has 1 aliphatic rings. The summed E-state index contributed by atoms with van der Waals surface area (Å²) < 4.78 is 5.32. The van der Waals surface area contributed by atoms with Gasteiger partial charge >= 0.3 is 5.97 Å². The smallest absolute Gasteiger partial charge is 0.323 e. The molecule has 0 bridgehead atoms. The lowest BCUT2D eigenvalue weighted by Gasteiger charge is -2.29. The number of esters is 1. The minimum Gasteiger partial charge on any atom is -0.459 e. The molecule has 1 rings (SSSR count). The molecule has 0 radical (unpaired) electrons. The van der Waals surface area contributed by atoms with Gasteiger partial charge in [0.1, 0.15) is 11.6 Å². The van der Waals surface area contributed by atoms with Crippen molar-refractivity contribution in [3.8, 4) is 0 Å². The maximum Gasteiger partial charge on any atom is 0.323 e. The molecule has 1 fully saturated rings. The van der Waals surface area contributed by atoms with Crippen LogP contribution in [0.4, 0.5) is 0 Å². The highest BCUT2D eigenvalue weighted by Crippen LogP contribution is 2.18. The monoisotopic (exact) mass is 199 g/mol. The van der Waals surface area contributed by atoms with Gasteiger partial charge in [0.05, 0.1) is 0 Å². The minimum absolute atomic E-state index is 0.0991. The van der Waals surface area contributed by atoms with Crippen LogP contribution in [-0.2, 0) is 9.53 Å². The number of ether oxygens (including phenoxy) is 1. The largest absolute Gasteiger partial charge is 0.459 e. The van der Waals surface area contributed by atoms with Crippen LogP contribution in [0.2, 0.25) is 0 Å². The van der Waals surface area contributed by atoms with Crippen molar-refractivity contribution in [3.05, 3.63) is 0 Å². The molecule has 0 aromatic heterocycles.